The number of morpholine rings is 1. The number of aromatic nitrogens is 1. The molecule has 4 rings (SSSR count). The maximum Gasteiger partial charge on any atom is 0.187 e. The number of benzene rings is 2. The maximum absolute atomic E-state index is 6.40. The van der Waals surface area contributed by atoms with Gasteiger partial charge in [-0.2, -0.15) is 5.10 Å². The van der Waals surface area contributed by atoms with E-state index < -0.39 is 0 Å². The Balaban J connectivity index is 1.39. The van der Waals surface area contributed by atoms with Gasteiger partial charge in [-0.15, -0.1) is 0 Å². The summed E-state index contributed by atoms with van der Waals surface area (Å²) < 4.78 is 7.57. The number of hydrogen-bond donors (Lipinski definition) is 2. The Labute approximate surface area is 192 Å². The Morgan fingerprint density at radius 3 is 2.74 bits per heavy atom. The van der Waals surface area contributed by atoms with Gasteiger partial charge in [0.25, 0.3) is 0 Å². The van der Waals surface area contributed by atoms with E-state index >= 15 is 0 Å². The molecule has 2 N–H and O–H groups in total. The van der Waals surface area contributed by atoms with Crippen molar-refractivity contribution in [2.24, 2.45) is 5.10 Å². The SMILES string of the molecule is S=C(NCCN1CCOCC1)NN=Cc1cc2ccccc2n1Cc1ccccc1Cl. The third kappa shape index (κ3) is 5.83. The molecule has 3 aromatic rings. The highest BCUT2D eigenvalue weighted by molar-refractivity contribution is 7.80. The summed E-state index contributed by atoms with van der Waals surface area (Å²) >= 11 is 11.8. The van der Waals surface area contributed by atoms with Crippen molar-refractivity contribution in [3.05, 3.63) is 70.9 Å². The second-order valence-electron chi connectivity index (χ2n) is 7.39. The summed E-state index contributed by atoms with van der Waals surface area (Å²) in [5.41, 5.74) is 6.10. The van der Waals surface area contributed by atoms with Crippen molar-refractivity contribution < 1.29 is 4.74 Å². The number of halogens is 1. The zero-order valence-electron chi connectivity index (χ0n) is 17.3. The summed E-state index contributed by atoms with van der Waals surface area (Å²) in [6, 6.07) is 18.3. The van der Waals surface area contributed by atoms with Crippen LogP contribution in [0, 0.1) is 0 Å². The molecule has 1 aromatic heterocycles. The fourth-order valence-corrected chi connectivity index (χ4v) is 4.01. The molecule has 2 aromatic carbocycles. The van der Waals surface area contributed by atoms with Crippen molar-refractivity contribution in [1.82, 2.24) is 20.2 Å². The molecule has 8 heteroatoms. The molecule has 6 nitrogen and oxygen atoms in total. The molecule has 1 aliphatic rings. The molecule has 0 unspecified atom stereocenters. The van der Waals surface area contributed by atoms with Gasteiger partial charge in [0, 0.05) is 48.6 Å². The average molecular weight is 456 g/mol. The van der Waals surface area contributed by atoms with Gasteiger partial charge < -0.3 is 14.6 Å². The number of hydrogen-bond acceptors (Lipinski definition) is 4. The quantitative estimate of drug-likeness (QED) is 0.324. The summed E-state index contributed by atoms with van der Waals surface area (Å²) in [6.07, 6.45) is 1.80. The zero-order chi connectivity index (χ0) is 21.5. The monoisotopic (exact) mass is 455 g/mol. The van der Waals surface area contributed by atoms with Crippen LogP contribution in [0.2, 0.25) is 5.02 Å². The molecule has 0 radical (unpaired) electrons. The highest BCUT2D eigenvalue weighted by atomic mass is 35.5. The van der Waals surface area contributed by atoms with E-state index in [9.17, 15) is 0 Å². The van der Waals surface area contributed by atoms with E-state index in [1.54, 1.807) is 6.21 Å². The number of rotatable bonds is 7. The van der Waals surface area contributed by atoms with Crippen molar-refractivity contribution in [2.75, 3.05) is 39.4 Å². The number of hydrazone groups is 1. The summed E-state index contributed by atoms with van der Waals surface area (Å²) in [7, 11) is 0. The summed E-state index contributed by atoms with van der Waals surface area (Å²) in [6.45, 7) is 5.91. The normalized spacial score (nSPS) is 14.9. The van der Waals surface area contributed by atoms with Gasteiger partial charge in [0.1, 0.15) is 0 Å². The van der Waals surface area contributed by atoms with Crippen LogP contribution >= 0.6 is 23.8 Å². The number of nitrogens with one attached hydrogen (secondary N) is 2. The minimum Gasteiger partial charge on any atom is -0.379 e. The molecule has 2 heterocycles. The maximum atomic E-state index is 6.40. The lowest BCUT2D eigenvalue weighted by Gasteiger charge is -2.26. The van der Waals surface area contributed by atoms with Crippen LogP contribution in [-0.2, 0) is 11.3 Å². The molecular formula is C23H26ClN5OS. The Bertz CT molecular complexity index is 1060. The molecule has 162 valence electrons. The van der Waals surface area contributed by atoms with Crippen LogP contribution in [0.3, 0.4) is 0 Å². The lowest BCUT2D eigenvalue weighted by atomic mass is 10.2. The van der Waals surface area contributed by atoms with Crippen LogP contribution < -0.4 is 10.7 Å². The molecule has 0 amide bonds. The molecule has 0 spiro atoms. The fourth-order valence-electron chi connectivity index (χ4n) is 3.66. The van der Waals surface area contributed by atoms with Crippen LogP contribution in [-0.4, -0.2) is 60.2 Å². The lowest BCUT2D eigenvalue weighted by Crippen LogP contribution is -2.42. The van der Waals surface area contributed by atoms with Crippen LogP contribution in [0.15, 0.2) is 59.7 Å². The van der Waals surface area contributed by atoms with Crippen LogP contribution in [0.25, 0.3) is 10.9 Å². The number of thiocarbonyl (C=S) groups is 1. The smallest absolute Gasteiger partial charge is 0.187 e. The topological polar surface area (TPSA) is 53.8 Å². The summed E-state index contributed by atoms with van der Waals surface area (Å²) in [4.78, 5) is 2.36. The minimum absolute atomic E-state index is 0.512. The van der Waals surface area contributed by atoms with Gasteiger partial charge in [0.2, 0.25) is 0 Å². The van der Waals surface area contributed by atoms with Crippen LogP contribution in [0.1, 0.15) is 11.3 Å². The van der Waals surface area contributed by atoms with Gasteiger partial charge in [-0.3, -0.25) is 10.3 Å². The number of nitrogens with zero attached hydrogens (tertiary/aromatic N) is 3. The van der Waals surface area contributed by atoms with Crippen LogP contribution in [0.4, 0.5) is 0 Å². The first kappa shape index (κ1) is 21.8. The lowest BCUT2D eigenvalue weighted by molar-refractivity contribution is 0.0389. The summed E-state index contributed by atoms with van der Waals surface area (Å²) in [5.74, 6) is 0. The van der Waals surface area contributed by atoms with E-state index in [4.69, 9.17) is 28.6 Å². The Hall–Kier alpha value is -2.45. The van der Waals surface area contributed by atoms with E-state index in [1.165, 1.54) is 0 Å². The van der Waals surface area contributed by atoms with Crippen molar-refractivity contribution in [1.29, 1.82) is 0 Å². The third-order valence-corrected chi connectivity index (χ3v) is 5.91. The second kappa shape index (κ2) is 10.7. The largest absolute Gasteiger partial charge is 0.379 e. The van der Waals surface area contributed by atoms with Crippen molar-refractivity contribution in [3.8, 4) is 0 Å². The van der Waals surface area contributed by atoms with Crippen molar-refractivity contribution in [3.63, 3.8) is 0 Å². The first-order chi connectivity index (χ1) is 15.2. The van der Waals surface area contributed by atoms with Gasteiger partial charge >= 0.3 is 0 Å². The van der Waals surface area contributed by atoms with Gasteiger partial charge in [0.15, 0.2) is 5.11 Å². The van der Waals surface area contributed by atoms with Gasteiger partial charge in [-0.25, -0.2) is 0 Å². The molecule has 0 saturated carbocycles. The van der Waals surface area contributed by atoms with Gasteiger partial charge in [-0.05, 0) is 36.0 Å². The van der Waals surface area contributed by atoms with E-state index in [-0.39, 0.29) is 0 Å². The molecule has 0 aliphatic carbocycles. The minimum atomic E-state index is 0.512. The number of para-hydroxylation sites is 1. The first-order valence-electron chi connectivity index (χ1n) is 10.4. The molecule has 0 bridgehead atoms. The van der Waals surface area contributed by atoms with E-state index in [0.29, 0.717) is 11.7 Å². The predicted octanol–water partition coefficient (Wildman–Crippen LogP) is 3.47. The molecule has 1 saturated heterocycles. The van der Waals surface area contributed by atoms with E-state index in [0.717, 1.165) is 66.6 Å². The van der Waals surface area contributed by atoms with E-state index in [1.807, 2.05) is 36.4 Å². The third-order valence-electron chi connectivity index (χ3n) is 5.31. The highest BCUT2D eigenvalue weighted by Crippen LogP contribution is 2.23. The number of ether oxygens (including phenoxy) is 1. The second-order valence-corrected chi connectivity index (χ2v) is 8.20. The Kier molecular flexibility index (Phi) is 7.53. The van der Waals surface area contributed by atoms with Crippen molar-refractivity contribution in [2.45, 2.75) is 6.54 Å². The van der Waals surface area contributed by atoms with Gasteiger partial charge in [0.05, 0.1) is 25.1 Å². The van der Waals surface area contributed by atoms with Crippen LogP contribution in [0.5, 0.6) is 0 Å². The molecule has 1 fully saturated rings. The standard InChI is InChI=1S/C23H26ClN5OS/c24-21-7-3-1-6-19(21)17-29-20(15-18-5-2-4-8-22(18)29)16-26-27-23(31)25-9-10-28-11-13-30-14-12-28/h1-8,15-16H,9-14,17H2,(H2,25,27,31). The molecule has 1 aliphatic heterocycles. The predicted molar refractivity (Wildman–Crippen MR) is 131 cm³/mol. The fraction of sp³-hybridized carbons (Fsp3) is 0.304. The Morgan fingerprint density at radius 2 is 1.90 bits per heavy atom. The van der Waals surface area contributed by atoms with E-state index in [2.05, 4.69) is 43.5 Å². The number of fused-ring (bicyclic) bond motifs is 1. The first-order valence-corrected chi connectivity index (χ1v) is 11.2. The Morgan fingerprint density at radius 1 is 1.13 bits per heavy atom. The summed E-state index contributed by atoms with van der Waals surface area (Å²) in [5, 5.41) is 9.99. The van der Waals surface area contributed by atoms with Gasteiger partial charge in [-0.1, -0.05) is 48.0 Å². The highest BCUT2D eigenvalue weighted by Gasteiger charge is 2.10. The average Bonchev–Trinajstić information content (AvgIpc) is 3.13. The molecule has 31 heavy (non-hydrogen) atoms. The molecule has 0 atom stereocenters. The zero-order valence-corrected chi connectivity index (χ0v) is 18.8. The molecular weight excluding hydrogens is 430 g/mol. The van der Waals surface area contributed by atoms with Crippen molar-refractivity contribution >= 4 is 46.0 Å².